The van der Waals surface area contributed by atoms with E-state index in [1.807, 2.05) is 0 Å². The summed E-state index contributed by atoms with van der Waals surface area (Å²) < 4.78 is 0. The summed E-state index contributed by atoms with van der Waals surface area (Å²) in [6, 6.07) is 2.29. The lowest BCUT2D eigenvalue weighted by molar-refractivity contribution is -0.142. The second kappa shape index (κ2) is 5.29. The first kappa shape index (κ1) is 12.1. The molecule has 1 unspecified atom stereocenters. The molecule has 2 rings (SSSR count). The number of hydrogen-bond donors (Lipinski definition) is 3. The molecule has 0 saturated carbocycles. The second-order valence-corrected chi connectivity index (χ2v) is 4.92. The molecule has 0 bridgehead atoms. The first-order chi connectivity index (χ1) is 8.18. The molecule has 1 fully saturated rings. The van der Waals surface area contributed by atoms with Gasteiger partial charge in [0.05, 0.1) is 6.04 Å². The number of rotatable bonds is 4. The van der Waals surface area contributed by atoms with Gasteiger partial charge in [-0.25, -0.2) is 4.79 Å². The van der Waals surface area contributed by atoms with E-state index in [2.05, 4.69) is 10.6 Å². The highest BCUT2D eigenvalue weighted by Gasteiger charge is 2.28. The van der Waals surface area contributed by atoms with Gasteiger partial charge < -0.3 is 15.7 Å². The third kappa shape index (κ3) is 2.83. The number of amides is 1. The van der Waals surface area contributed by atoms with Crippen molar-refractivity contribution in [2.75, 3.05) is 6.54 Å². The molecule has 17 heavy (non-hydrogen) atoms. The number of carboxylic acids is 1. The van der Waals surface area contributed by atoms with Gasteiger partial charge in [-0.05, 0) is 30.8 Å². The Bertz CT molecular complexity index is 399. The lowest BCUT2D eigenvalue weighted by Crippen LogP contribution is -2.43. The minimum Gasteiger partial charge on any atom is -0.479 e. The van der Waals surface area contributed by atoms with E-state index in [0.29, 0.717) is 4.88 Å². The van der Waals surface area contributed by atoms with Crippen LogP contribution in [0.2, 0.25) is 0 Å². The van der Waals surface area contributed by atoms with Crippen LogP contribution in [0.5, 0.6) is 0 Å². The van der Waals surface area contributed by atoms with Crippen molar-refractivity contribution >= 4 is 23.2 Å². The predicted molar refractivity (Wildman–Crippen MR) is 63.9 cm³/mol. The van der Waals surface area contributed by atoms with Gasteiger partial charge in [0, 0.05) is 4.88 Å². The first-order valence-corrected chi connectivity index (χ1v) is 6.36. The zero-order valence-corrected chi connectivity index (χ0v) is 10.00. The Kier molecular flexibility index (Phi) is 3.75. The Morgan fingerprint density at radius 2 is 2.41 bits per heavy atom. The zero-order chi connectivity index (χ0) is 12.3. The van der Waals surface area contributed by atoms with E-state index in [0.717, 1.165) is 19.4 Å². The largest absolute Gasteiger partial charge is 0.479 e. The van der Waals surface area contributed by atoms with Crippen LogP contribution in [0.3, 0.4) is 0 Å². The summed E-state index contributed by atoms with van der Waals surface area (Å²) in [5, 5.41) is 16.5. The number of aliphatic carboxylic acids is 1. The standard InChI is InChI=1S/C11H14N2O3S/c14-10(7-3-1-5-12-7)13-9(11(15)16)8-4-2-6-17-8/h2,4,6-7,9,12H,1,3,5H2,(H,13,14)(H,15,16)/t7-,9?/m0/s1. The van der Waals surface area contributed by atoms with Crippen LogP contribution in [0.15, 0.2) is 17.5 Å². The lowest BCUT2D eigenvalue weighted by atomic mass is 10.2. The Morgan fingerprint density at radius 1 is 1.59 bits per heavy atom. The topological polar surface area (TPSA) is 78.4 Å². The summed E-state index contributed by atoms with van der Waals surface area (Å²) in [5.41, 5.74) is 0. The summed E-state index contributed by atoms with van der Waals surface area (Å²) in [4.78, 5) is 23.6. The van der Waals surface area contributed by atoms with Crippen molar-refractivity contribution in [1.82, 2.24) is 10.6 Å². The Morgan fingerprint density at radius 3 is 2.94 bits per heavy atom. The lowest BCUT2D eigenvalue weighted by Gasteiger charge is -2.16. The molecule has 1 aromatic rings. The smallest absolute Gasteiger partial charge is 0.331 e. The highest BCUT2D eigenvalue weighted by Crippen LogP contribution is 2.19. The Labute approximate surface area is 103 Å². The van der Waals surface area contributed by atoms with E-state index in [4.69, 9.17) is 5.11 Å². The van der Waals surface area contributed by atoms with Gasteiger partial charge in [-0.1, -0.05) is 6.07 Å². The van der Waals surface area contributed by atoms with Crippen LogP contribution in [0.1, 0.15) is 23.8 Å². The molecular weight excluding hydrogens is 240 g/mol. The number of nitrogens with one attached hydrogen (secondary N) is 2. The van der Waals surface area contributed by atoms with E-state index >= 15 is 0 Å². The van der Waals surface area contributed by atoms with E-state index < -0.39 is 12.0 Å². The van der Waals surface area contributed by atoms with Gasteiger partial charge in [0.1, 0.15) is 0 Å². The highest BCUT2D eigenvalue weighted by atomic mass is 32.1. The maximum absolute atomic E-state index is 11.8. The van der Waals surface area contributed by atoms with Gasteiger partial charge in [0.25, 0.3) is 0 Å². The molecule has 6 heteroatoms. The van der Waals surface area contributed by atoms with Crippen LogP contribution >= 0.6 is 11.3 Å². The second-order valence-electron chi connectivity index (χ2n) is 3.94. The quantitative estimate of drug-likeness (QED) is 0.740. The number of carbonyl (C=O) groups excluding carboxylic acids is 1. The van der Waals surface area contributed by atoms with Crippen molar-refractivity contribution in [2.45, 2.75) is 24.9 Å². The predicted octanol–water partition coefficient (Wildman–Crippen LogP) is 0.742. The minimum absolute atomic E-state index is 0.233. The van der Waals surface area contributed by atoms with Crippen molar-refractivity contribution < 1.29 is 14.7 Å². The minimum atomic E-state index is -1.03. The van der Waals surface area contributed by atoms with E-state index in [-0.39, 0.29) is 11.9 Å². The SMILES string of the molecule is O=C(O)C(NC(=O)[C@@H]1CCCN1)c1cccs1. The number of carbonyl (C=O) groups is 2. The van der Waals surface area contributed by atoms with E-state index in [1.165, 1.54) is 11.3 Å². The van der Waals surface area contributed by atoms with Gasteiger partial charge in [-0.15, -0.1) is 11.3 Å². The molecule has 0 aliphatic carbocycles. The normalized spacial score (nSPS) is 21.1. The molecule has 0 radical (unpaired) electrons. The van der Waals surface area contributed by atoms with Crippen molar-refractivity contribution in [3.63, 3.8) is 0 Å². The molecule has 2 heterocycles. The number of carboxylic acid groups (broad SMARTS) is 1. The van der Waals surface area contributed by atoms with E-state index in [9.17, 15) is 9.59 Å². The van der Waals surface area contributed by atoms with Crippen LogP contribution < -0.4 is 10.6 Å². The van der Waals surface area contributed by atoms with Crippen LogP contribution in [-0.2, 0) is 9.59 Å². The van der Waals surface area contributed by atoms with Crippen molar-refractivity contribution in [2.24, 2.45) is 0 Å². The summed E-state index contributed by atoms with van der Waals surface area (Å²) in [6.45, 7) is 0.814. The van der Waals surface area contributed by atoms with Crippen LogP contribution in [-0.4, -0.2) is 29.6 Å². The van der Waals surface area contributed by atoms with Gasteiger partial charge >= 0.3 is 5.97 Å². The molecule has 0 spiro atoms. The fraction of sp³-hybridized carbons (Fsp3) is 0.455. The van der Waals surface area contributed by atoms with Gasteiger partial charge in [-0.3, -0.25) is 4.79 Å². The fourth-order valence-corrected chi connectivity index (χ4v) is 2.63. The van der Waals surface area contributed by atoms with Crippen LogP contribution in [0, 0.1) is 0 Å². The third-order valence-corrected chi connectivity index (χ3v) is 3.68. The molecule has 92 valence electrons. The first-order valence-electron chi connectivity index (χ1n) is 5.48. The number of thiophene rings is 1. The van der Waals surface area contributed by atoms with Crippen LogP contribution in [0.25, 0.3) is 0 Å². The van der Waals surface area contributed by atoms with Crippen LogP contribution in [0.4, 0.5) is 0 Å². The molecule has 1 amide bonds. The number of hydrogen-bond acceptors (Lipinski definition) is 4. The third-order valence-electron chi connectivity index (χ3n) is 2.74. The maximum atomic E-state index is 11.8. The summed E-state index contributed by atoms with van der Waals surface area (Å²) in [7, 11) is 0. The average Bonchev–Trinajstić information content (AvgIpc) is 2.97. The molecule has 0 aromatic carbocycles. The molecular formula is C11H14N2O3S. The van der Waals surface area contributed by atoms with Crippen molar-refractivity contribution in [3.05, 3.63) is 22.4 Å². The maximum Gasteiger partial charge on any atom is 0.331 e. The van der Waals surface area contributed by atoms with E-state index in [1.54, 1.807) is 17.5 Å². The molecule has 3 N–H and O–H groups in total. The molecule has 1 saturated heterocycles. The Balaban J connectivity index is 2.03. The molecule has 2 atom stereocenters. The summed E-state index contributed by atoms with van der Waals surface area (Å²) >= 11 is 1.33. The molecule has 1 aliphatic rings. The average molecular weight is 254 g/mol. The molecule has 5 nitrogen and oxygen atoms in total. The zero-order valence-electron chi connectivity index (χ0n) is 9.18. The molecule has 1 aliphatic heterocycles. The summed E-state index contributed by atoms with van der Waals surface area (Å²) in [6.07, 6.45) is 1.72. The fourth-order valence-electron chi connectivity index (χ4n) is 1.86. The highest BCUT2D eigenvalue weighted by molar-refractivity contribution is 7.10. The van der Waals surface area contributed by atoms with Crippen molar-refractivity contribution in [1.29, 1.82) is 0 Å². The monoisotopic (exact) mass is 254 g/mol. The van der Waals surface area contributed by atoms with Gasteiger partial charge in [0.15, 0.2) is 6.04 Å². The van der Waals surface area contributed by atoms with Gasteiger partial charge in [0.2, 0.25) is 5.91 Å². The Hall–Kier alpha value is -1.40. The van der Waals surface area contributed by atoms with Crippen molar-refractivity contribution in [3.8, 4) is 0 Å². The van der Waals surface area contributed by atoms with Gasteiger partial charge in [-0.2, -0.15) is 0 Å². The summed E-state index contributed by atoms with van der Waals surface area (Å²) in [5.74, 6) is -1.26. The molecule has 1 aromatic heterocycles.